The number of carbonyl (C=O) groups excluding carboxylic acids is 1. The van der Waals surface area contributed by atoms with Crippen molar-refractivity contribution >= 4 is 40.0 Å². The van der Waals surface area contributed by atoms with E-state index in [1.54, 1.807) is 11.0 Å². The van der Waals surface area contributed by atoms with Crippen LogP contribution in [0, 0.1) is 6.92 Å². The molecule has 230 valence electrons. The van der Waals surface area contributed by atoms with Gasteiger partial charge in [-0.2, -0.15) is 23.1 Å². The van der Waals surface area contributed by atoms with Crippen LogP contribution in [-0.2, 0) is 11.0 Å². The average molecular weight is 618 g/mol. The van der Waals surface area contributed by atoms with Crippen molar-refractivity contribution in [2.24, 2.45) is 0 Å². The van der Waals surface area contributed by atoms with Gasteiger partial charge in [-0.1, -0.05) is 18.2 Å². The highest BCUT2D eigenvalue weighted by atomic mass is 35.5. The van der Waals surface area contributed by atoms with Crippen LogP contribution in [0.25, 0.3) is 22.2 Å². The van der Waals surface area contributed by atoms with Crippen molar-refractivity contribution in [3.63, 3.8) is 0 Å². The summed E-state index contributed by atoms with van der Waals surface area (Å²) in [5.74, 6) is 0.316. The van der Waals surface area contributed by atoms with Gasteiger partial charge in [-0.05, 0) is 77.0 Å². The Labute approximate surface area is 253 Å². The molecule has 1 aromatic carbocycles. The molecule has 1 saturated heterocycles. The molecule has 0 spiro atoms. The summed E-state index contributed by atoms with van der Waals surface area (Å²) < 4.78 is 49.0. The lowest BCUT2D eigenvalue weighted by atomic mass is 9.99. The van der Waals surface area contributed by atoms with E-state index >= 15 is 0 Å². The summed E-state index contributed by atoms with van der Waals surface area (Å²) in [6.45, 7) is 8.24. The number of anilines is 2. The number of nitrogens with two attached hydrogens (primary N) is 1. The summed E-state index contributed by atoms with van der Waals surface area (Å²) in [5, 5.41) is 0.590. The van der Waals surface area contributed by atoms with Crippen LogP contribution in [0.4, 0.5) is 24.8 Å². The number of carbonyl (C=O) groups is 1. The highest BCUT2D eigenvalue weighted by Gasteiger charge is 2.38. The van der Waals surface area contributed by atoms with Gasteiger partial charge in [0.25, 0.3) is 0 Å². The third-order valence-electron chi connectivity index (χ3n) is 8.24. The molecule has 3 heterocycles. The number of nitrogen functional groups attached to an aromatic ring is 1. The number of rotatable bonds is 6. The number of fused-ring (bicyclic) bond motifs is 1. The maximum absolute atomic E-state index is 14.2. The molecule has 9 nitrogen and oxygen atoms in total. The predicted octanol–water partition coefficient (Wildman–Crippen LogP) is 5.34. The van der Waals surface area contributed by atoms with E-state index in [9.17, 15) is 18.0 Å². The molecule has 1 aliphatic carbocycles. The van der Waals surface area contributed by atoms with Gasteiger partial charge in [-0.3, -0.25) is 4.79 Å². The Morgan fingerprint density at radius 2 is 1.93 bits per heavy atom. The fourth-order valence-corrected chi connectivity index (χ4v) is 6.44. The van der Waals surface area contributed by atoms with Gasteiger partial charge in [0.05, 0.1) is 21.8 Å². The highest BCUT2D eigenvalue weighted by molar-refractivity contribution is 6.34. The normalized spacial score (nSPS) is 21.1. The molecule has 3 atom stereocenters. The quantitative estimate of drug-likeness (QED) is 0.370. The van der Waals surface area contributed by atoms with Crippen LogP contribution in [0.5, 0.6) is 6.01 Å². The molecular weight excluding hydrogens is 583 g/mol. The minimum absolute atomic E-state index is 0.0469. The number of benzene rings is 1. The first-order valence-corrected chi connectivity index (χ1v) is 14.5. The fourth-order valence-electron chi connectivity index (χ4n) is 6.19. The van der Waals surface area contributed by atoms with Gasteiger partial charge >= 0.3 is 12.2 Å². The maximum Gasteiger partial charge on any atom is 0.418 e. The van der Waals surface area contributed by atoms with Crippen molar-refractivity contribution in [3.8, 4) is 17.3 Å². The molecule has 0 bridgehead atoms. The number of aromatic nitrogens is 3. The number of piperazine rings is 1. The van der Waals surface area contributed by atoms with Gasteiger partial charge in [0.2, 0.25) is 5.91 Å². The van der Waals surface area contributed by atoms with E-state index < -0.39 is 11.7 Å². The molecule has 3 unspecified atom stereocenters. The summed E-state index contributed by atoms with van der Waals surface area (Å²) in [6, 6.07) is 4.40. The zero-order chi connectivity index (χ0) is 31.2. The number of hydrogen-bond donors (Lipinski definition) is 1. The molecule has 3 aromatic rings. The van der Waals surface area contributed by atoms with Crippen molar-refractivity contribution in [1.29, 1.82) is 0 Å². The lowest BCUT2D eigenvalue weighted by molar-refractivity contribution is -0.137. The van der Waals surface area contributed by atoms with Gasteiger partial charge in [-0.25, -0.2) is 4.98 Å². The lowest BCUT2D eigenvalue weighted by Gasteiger charge is -2.40. The summed E-state index contributed by atoms with van der Waals surface area (Å²) in [4.78, 5) is 31.7. The highest BCUT2D eigenvalue weighted by Crippen LogP contribution is 2.43. The van der Waals surface area contributed by atoms with Crippen LogP contribution in [0.15, 0.2) is 30.9 Å². The van der Waals surface area contributed by atoms with E-state index in [0.717, 1.165) is 19.3 Å². The van der Waals surface area contributed by atoms with E-state index in [4.69, 9.17) is 27.1 Å². The van der Waals surface area contributed by atoms with Crippen LogP contribution in [0.3, 0.4) is 0 Å². The molecule has 43 heavy (non-hydrogen) atoms. The van der Waals surface area contributed by atoms with Crippen LogP contribution in [-0.4, -0.2) is 82.6 Å². The Morgan fingerprint density at radius 3 is 2.58 bits per heavy atom. The lowest BCUT2D eigenvalue weighted by Crippen LogP contribution is -2.53. The van der Waals surface area contributed by atoms with Gasteiger partial charge < -0.3 is 25.2 Å². The number of ether oxygens (including phenoxy) is 1. The second-order valence-electron chi connectivity index (χ2n) is 11.4. The molecule has 5 rings (SSSR count). The van der Waals surface area contributed by atoms with Crippen molar-refractivity contribution in [2.75, 3.05) is 44.4 Å². The zero-order valence-electron chi connectivity index (χ0n) is 24.6. The second-order valence-corrected chi connectivity index (χ2v) is 11.8. The van der Waals surface area contributed by atoms with Gasteiger partial charge in [0.15, 0.2) is 0 Å². The minimum atomic E-state index is -4.69. The van der Waals surface area contributed by atoms with E-state index in [1.165, 1.54) is 25.1 Å². The number of pyridine rings is 1. The number of nitrogens with zero attached hydrogens (tertiary/aromatic N) is 6. The number of halogens is 4. The first-order chi connectivity index (χ1) is 20.3. The van der Waals surface area contributed by atoms with Crippen molar-refractivity contribution in [2.45, 2.75) is 57.5 Å². The van der Waals surface area contributed by atoms with Crippen LogP contribution in [0.1, 0.15) is 37.3 Å². The molecule has 2 N–H and O–H groups in total. The fraction of sp³-hybridized carbons (Fsp3) is 0.467. The van der Waals surface area contributed by atoms with Crippen LogP contribution < -0.4 is 15.4 Å². The van der Waals surface area contributed by atoms with Crippen molar-refractivity contribution in [3.05, 3.63) is 47.0 Å². The van der Waals surface area contributed by atoms with Crippen molar-refractivity contribution < 1.29 is 22.7 Å². The maximum atomic E-state index is 14.2. The molecule has 1 saturated carbocycles. The van der Waals surface area contributed by atoms with Gasteiger partial charge in [0.1, 0.15) is 17.7 Å². The SMILES string of the molecule is C=CC(=O)N1CCN(c2nc(OC3CCCC3N(C)C)nc3cc(-c4nc(N)cc(C)c4C(F)(F)F)c(Cl)cc23)C(C)C1. The first-order valence-electron chi connectivity index (χ1n) is 14.2. The molecule has 13 heteroatoms. The van der Waals surface area contributed by atoms with Gasteiger partial charge in [-0.15, -0.1) is 0 Å². The second kappa shape index (κ2) is 11.8. The summed E-state index contributed by atoms with van der Waals surface area (Å²) in [5.41, 5.74) is 4.95. The Balaban J connectivity index is 1.67. The number of hydrogen-bond acceptors (Lipinski definition) is 8. The smallest absolute Gasteiger partial charge is 0.418 e. The van der Waals surface area contributed by atoms with E-state index in [-0.39, 0.29) is 57.8 Å². The van der Waals surface area contributed by atoms with Gasteiger partial charge in [0, 0.05) is 42.7 Å². The van der Waals surface area contributed by atoms with Crippen LogP contribution >= 0.6 is 11.6 Å². The minimum Gasteiger partial charge on any atom is -0.458 e. The number of alkyl halides is 3. The standard InChI is InChI=1S/C30H35ClF3N7O2/c1-6-25(42)40-10-11-41(17(3)15-40)28-19-13-20(31)18(27-26(30(32,33)34)16(2)12-24(35)37-27)14-21(19)36-29(38-28)43-23-9-7-8-22(23)39(4)5/h6,12-14,17,22-23H,1,7-11,15H2,2-5H3,(H2,35,37). The Hall–Kier alpha value is -3.64. The molecule has 1 amide bonds. The number of aryl methyl sites for hydroxylation is 1. The first kappa shape index (κ1) is 30.8. The monoisotopic (exact) mass is 617 g/mol. The van der Waals surface area contributed by atoms with E-state index in [0.29, 0.717) is 36.4 Å². The molecule has 1 aliphatic heterocycles. The molecule has 2 fully saturated rings. The third-order valence-corrected chi connectivity index (χ3v) is 8.56. The number of amides is 1. The zero-order valence-corrected chi connectivity index (χ0v) is 25.3. The molecular formula is C30H35ClF3N7O2. The Morgan fingerprint density at radius 1 is 1.19 bits per heavy atom. The topological polar surface area (TPSA) is 101 Å². The van der Waals surface area contributed by atoms with Crippen LogP contribution in [0.2, 0.25) is 5.02 Å². The Bertz CT molecular complexity index is 1570. The Kier molecular flexibility index (Phi) is 8.45. The van der Waals surface area contributed by atoms with E-state index in [1.807, 2.05) is 25.9 Å². The molecule has 0 radical (unpaired) electrons. The average Bonchev–Trinajstić information content (AvgIpc) is 3.39. The molecule has 2 aliphatic rings. The predicted molar refractivity (Wildman–Crippen MR) is 161 cm³/mol. The summed E-state index contributed by atoms with van der Waals surface area (Å²) in [7, 11) is 4.00. The number of likely N-dealkylation sites (N-methyl/N-ethyl adjacent to an activating group) is 1. The summed E-state index contributed by atoms with van der Waals surface area (Å²) >= 11 is 6.70. The van der Waals surface area contributed by atoms with Crippen molar-refractivity contribution in [1.82, 2.24) is 24.8 Å². The summed E-state index contributed by atoms with van der Waals surface area (Å²) in [6.07, 6.45) is -0.766. The largest absolute Gasteiger partial charge is 0.458 e. The third kappa shape index (κ3) is 6.08. The van der Waals surface area contributed by atoms with E-state index in [2.05, 4.69) is 21.4 Å². The molecule has 2 aromatic heterocycles.